The first-order valence-corrected chi connectivity index (χ1v) is 13.5. The molecule has 2 amide bonds. The van der Waals surface area contributed by atoms with Crippen molar-refractivity contribution in [3.63, 3.8) is 0 Å². The summed E-state index contributed by atoms with van der Waals surface area (Å²) >= 11 is 1.12. The molecule has 10 heteroatoms. The first kappa shape index (κ1) is 24.5. The topological polar surface area (TPSA) is 86.7 Å². The van der Waals surface area contributed by atoms with Gasteiger partial charge in [0.25, 0.3) is 5.91 Å². The Kier molecular flexibility index (Phi) is 5.67. The molecule has 1 aromatic heterocycles. The lowest BCUT2D eigenvalue weighted by Crippen LogP contribution is -2.51. The number of thiophene rings is 1. The Labute approximate surface area is 215 Å². The van der Waals surface area contributed by atoms with Crippen LogP contribution in [0.5, 0.6) is 0 Å². The number of fused-ring (bicyclic) bond motifs is 1. The van der Waals surface area contributed by atoms with Gasteiger partial charge < -0.3 is 15.3 Å². The molecule has 2 heterocycles. The number of anilines is 1. The zero-order valence-corrected chi connectivity index (χ0v) is 20.9. The molecule has 1 aliphatic heterocycles. The van der Waals surface area contributed by atoms with Crippen molar-refractivity contribution in [1.29, 1.82) is 0 Å². The fourth-order valence-electron chi connectivity index (χ4n) is 7.60. The minimum absolute atomic E-state index is 0.00145. The van der Waals surface area contributed by atoms with Gasteiger partial charge in [-0.15, -0.1) is 11.3 Å². The molecule has 0 spiro atoms. The third kappa shape index (κ3) is 4.13. The Hall–Kier alpha value is -2.88. The van der Waals surface area contributed by atoms with Crippen LogP contribution in [0.3, 0.4) is 0 Å². The molecule has 7 rings (SSSR count). The number of hydrogen-bond donors (Lipinski definition) is 2. The van der Waals surface area contributed by atoms with E-state index in [1.807, 2.05) is 0 Å². The lowest BCUT2D eigenvalue weighted by Gasteiger charge is -2.55. The van der Waals surface area contributed by atoms with Gasteiger partial charge >= 0.3 is 12.1 Å². The predicted octanol–water partition coefficient (Wildman–Crippen LogP) is 5.82. The van der Waals surface area contributed by atoms with Crippen LogP contribution in [0.1, 0.15) is 75.2 Å². The van der Waals surface area contributed by atoms with Gasteiger partial charge in [-0.1, -0.05) is 12.1 Å². The molecule has 0 unspecified atom stereocenters. The summed E-state index contributed by atoms with van der Waals surface area (Å²) in [6.07, 6.45) is 1.62. The van der Waals surface area contributed by atoms with Crippen molar-refractivity contribution >= 4 is 34.1 Å². The zero-order valence-electron chi connectivity index (χ0n) is 20.1. The smallest absolute Gasteiger partial charge is 0.417 e. The predicted molar refractivity (Wildman–Crippen MR) is 130 cm³/mol. The second-order valence-electron chi connectivity index (χ2n) is 11.2. The Morgan fingerprint density at radius 2 is 1.65 bits per heavy atom. The number of benzene rings is 1. The van der Waals surface area contributed by atoms with Crippen LogP contribution < -0.4 is 5.32 Å². The summed E-state index contributed by atoms with van der Waals surface area (Å²) in [7, 11) is 0. The molecular formula is C27H27F3N2O4S. The van der Waals surface area contributed by atoms with Gasteiger partial charge in [-0.3, -0.25) is 9.59 Å². The van der Waals surface area contributed by atoms with Crippen LogP contribution in [-0.4, -0.2) is 34.3 Å². The maximum absolute atomic E-state index is 13.6. The summed E-state index contributed by atoms with van der Waals surface area (Å²) in [6.45, 7) is 0.0932. The number of carbonyl (C=O) groups is 3. The summed E-state index contributed by atoms with van der Waals surface area (Å²) in [4.78, 5) is 40.8. The number of nitrogens with zero attached hydrogens (tertiary/aromatic N) is 1. The van der Waals surface area contributed by atoms with Crippen LogP contribution in [0, 0.1) is 23.2 Å². The van der Waals surface area contributed by atoms with E-state index >= 15 is 0 Å². The SMILES string of the molecule is O=C(O)c1c(NC(=O)C23CC4CC(CC(C4)C2)C3)sc2c1CCN(C(=O)c1ccccc1C(F)(F)F)C2. The number of halogens is 3. The highest BCUT2D eigenvalue weighted by atomic mass is 32.1. The highest BCUT2D eigenvalue weighted by Crippen LogP contribution is 2.60. The Balaban J connectivity index is 1.26. The van der Waals surface area contributed by atoms with E-state index in [1.54, 1.807) is 0 Å². The fourth-order valence-corrected chi connectivity index (χ4v) is 8.85. The van der Waals surface area contributed by atoms with E-state index in [0.29, 0.717) is 28.2 Å². The molecule has 0 atom stereocenters. The van der Waals surface area contributed by atoms with E-state index in [1.165, 1.54) is 36.3 Å². The van der Waals surface area contributed by atoms with Gasteiger partial charge in [-0.05, 0) is 80.4 Å². The summed E-state index contributed by atoms with van der Waals surface area (Å²) in [5, 5.41) is 13.2. The maximum Gasteiger partial charge on any atom is 0.417 e. The van der Waals surface area contributed by atoms with Gasteiger partial charge in [-0.2, -0.15) is 13.2 Å². The summed E-state index contributed by atoms with van der Waals surface area (Å²) in [6, 6.07) is 4.68. The van der Waals surface area contributed by atoms with E-state index in [-0.39, 0.29) is 36.0 Å². The van der Waals surface area contributed by atoms with Gasteiger partial charge in [0.1, 0.15) is 5.00 Å². The second-order valence-corrected chi connectivity index (χ2v) is 12.3. The number of aromatic carboxylic acids is 1. The molecule has 4 bridgehead atoms. The van der Waals surface area contributed by atoms with E-state index in [4.69, 9.17) is 0 Å². The molecule has 4 fully saturated rings. The third-order valence-electron chi connectivity index (χ3n) is 8.77. The number of carboxylic acids is 1. The van der Waals surface area contributed by atoms with Crippen molar-refractivity contribution in [1.82, 2.24) is 4.90 Å². The number of amides is 2. The third-order valence-corrected chi connectivity index (χ3v) is 9.90. The van der Waals surface area contributed by atoms with Crippen LogP contribution in [0.4, 0.5) is 18.2 Å². The minimum atomic E-state index is -4.67. The molecular weight excluding hydrogens is 505 g/mol. The standard InChI is InChI=1S/C27H27F3N2O4S/c28-27(29,30)19-4-2-1-3-17(19)23(33)32-6-5-18-20(13-32)37-22(21(18)24(34)35)31-25(36)26-10-14-7-15(11-26)9-16(8-14)12-26/h1-4,14-16H,5-13H2,(H,31,36)(H,34,35). The molecule has 5 aliphatic rings. The molecule has 0 saturated heterocycles. The average molecular weight is 533 g/mol. The number of nitrogens with one attached hydrogen (secondary N) is 1. The average Bonchev–Trinajstić information content (AvgIpc) is 3.19. The summed E-state index contributed by atoms with van der Waals surface area (Å²) in [5.74, 6) is -0.326. The number of carboxylic acid groups (broad SMARTS) is 1. The quantitative estimate of drug-likeness (QED) is 0.520. The molecule has 4 saturated carbocycles. The molecule has 6 nitrogen and oxygen atoms in total. The molecule has 2 N–H and O–H groups in total. The molecule has 37 heavy (non-hydrogen) atoms. The Morgan fingerprint density at radius 3 is 2.24 bits per heavy atom. The van der Waals surface area contributed by atoms with Crippen molar-refractivity contribution < 1.29 is 32.7 Å². The number of hydrogen-bond acceptors (Lipinski definition) is 4. The summed E-state index contributed by atoms with van der Waals surface area (Å²) < 4.78 is 40.4. The first-order valence-electron chi connectivity index (χ1n) is 12.7. The normalized spacial score (nSPS) is 28.2. The molecule has 196 valence electrons. The van der Waals surface area contributed by atoms with Crippen LogP contribution in [0.25, 0.3) is 0 Å². The number of carbonyl (C=O) groups excluding carboxylic acids is 2. The van der Waals surface area contributed by atoms with Gasteiger partial charge in [0.2, 0.25) is 5.91 Å². The zero-order chi connectivity index (χ0) is 26.1. The van der Waals surface area contributed by atoms with E-state index in [0.717, 1.165) is 42.7 Å². The second kappa shape index (κ2) is 8.58. The fraction of sp³-hybridized carbons (Fsp3) is 0.519. The van der Waals surface area contributed by atoms with Crippen LogP contribution in [0.2, 0.25) is 0 Å². The number of rotatable bonds is 4. The van der Waals surface area contributed by atoms with Crippen molar-refractivity contribution in [2.45, 2.75) is 57.7 Å². The highest BCUT2D eigenvalue weighted by molar-refractivity contribution is 7.17. The monoisotopic (exact) mass is 532 g/mol. The lowest BCUT2D eigenvalue weighted by atomic mass is 9.49. The van der Waals surface area contributed by atoms with Crippen molar-refractivity contribution in [3.8, 4) is 0 Å². The minimum Gasteiger partial charge on any atom is -0.478 e. The van der Waals surface area contributed by atoms with E-state index in [9.17, 15) is 32.7 Å². The van der Waals surface area contributed by atoms with Crippen molar-refractivity contribution in [3.05, 3.63) is 51.4 Å². The first-order chi connectivity index (χ1) is 17.5. The highest BCUT2D eigenvalue weighted by Gasteiger charge is 2.54. The van der Waals surface area contributed by atoms with E-state index in [2.05, 4.69) is 5.32 Å². The Bertz CT molecular complexity index is 1270. The molecule has 1 aromatic carbocycles. The van der Waals surface area contributed by atoms with E-state index < -0.39 is 34.6 Å². The maximum atomic E-state index is 13.6. The molecule has 0 radical (unpaired) electrons. The Morgan fingerprint density at radius 1 is 1.03 bits per heavy atom. The number of alkyl halides is 3. The van der Waals surface area contributed by atoms with Gasteiger partial charge in [0, 0.05) is 11.4 Å². The van der Waals surface area contributed by atoms with Crippen molar-refractivity contribution in [2.75, 3.05) is 11.9 Å². The van der Waals surface area contributed by atoms with Gasteiger partial charge in [0.05, 0.1) is 28.7 Å². The summed E-state index contributed by atoms with van der Waals surface area (Å²) in [5.41, 5.74) is -1.28. The lowest BCUT2D eigenvalue weighted by molar-refractivity contribution is -0.140. The largest absolute Gasteiger partial charge is 0.478 e. The van der Waals surface area contributed by atoms with Crippen LogP contribution >= 0.6 is 11.3 Å². The van der Waals surface area contributed by atoms with Crippen LogP contribution in [-0.2, 0) is 23.9 Å². The molecule has 4 aliphatic carbocycles. The molecule has 2 aromatic rings. The van der Waals surface area contributed by atoms with Gasteiger partial charge in [0.15, 0.2) is 0 Å². The van der Waals surface area contributed by atoms with Gasteiger partial charge in [-0.25, -0.2) is 4.79 Å². The van der Waals surface area contributed by atoms with Crippen LogP contribution in [0.15, 0.2) is 24.3 Å². The van der Waals surface area contributed by atoms with Crippen molar-refractivity contribution in [2.24, 2.45) is 23.2 Å².